The van der Waals surface area contributed by atoms with Crippen LogP contribution in [0, 0.1) is 5.41 Å². The first kappa shape index (κ1) is 15.8. The lowest BCUT2D eigenvalue weighted by Gasteiger charge is -2.35. The first-order valence-corrected chi connectivity index (χ1v) is 6.94. The fourth-order valence-electron chi connectivity index (χ4n) is 2.25. The van der Waals surface area contributed by atoms with Gasteiger partial charge in [0, 0.05) is 12.1 Å². The maximum Gasteiger partial charge on any atom is 0.122 e. The molecule has 1 rings (SSSR count). The summed E-state index contributed by atoms with van der Waals surface area (Å²) in [6, 6.07) is 6.37. The zero-order valence-corrected chi connectivity index (χ0v) is 13.0. The van der Waals surface area contributed by atoms with E-state index in [1.165, 1.54) is 5.56 Å². The third-order valence-corrected chi connectivity index (χ3v) is 3.81. The molecule has 0 aliphatic heterocycles. The van der Waals surface area contributed by atoms with Gasteiger partial charge in [-0.05, 0) is 36.1 Å². The second-order valence-electron chi connectivity index (χ2n) is 5.48. The third-order valence-electron chi connectivity index (χ3n) is 3.81. The minimum atomic E-state index is 0.174. The van der Waals surface area contributed by atoms with Gasteiger partial charge in [-0.3, -0.25) is 0 Å². The smallest absolute Gasteiger partial charge is 0.122 e. The van der Waals surface area contributed by atoms with Crippen LogP contribution in [0.1, 0.15) is 45.7 Å². The lowest BCUT2D eigenvalue weighted by Crippen LogP contribution is -2.33. The van der Waals surface area contributed by atoms with Crippen LogP contribution in [0.15, 0.2) is 18.2 Å². The van der Waals surface area contributed by atoms with Crippen molar-refractivity contribution in [2.45, 2.75) is 40.2 Å². The summed E-state index contributed by atoms with van der Waals surface area (Å²) in [6.45, 7) is 9.87. The normalized spacial score (nSPS) is 13.2. The van der Waals surface area contributed by atoms with Crippen molar-refractivity contribution in [3.63, 3.8) is 0 Å². The first-order valence-electron chi connectivity index (χ1n) is 6.94. The molecule has 0 saturated carbocycles. The van der Waals surface area contributed by atoms with Gasteiger partial charge in [0.2, 0.25) is 0 Å². The second-order valence-corrected chi connectivity index (χ2v) is 5.48. The Morgan fingerprint density at radius 1 is 1.05 bits per heavy atom. The molecule has 0 radical (unpaired) electrons. The van der Waals surface area contributed by atoms with E-state index in [2.05, 4.69) is 45.1 Å². The topological polar surface area (TPSA) is 30.5 Å². The summed E-state index contributed by atoms with van der Waals surface area (Å²) in [7, 11) is 3.37. The van der Waals surface area contributed by atoms with Gasteiger partial charge >= 0.3 is 0 Å². The van der Waals surface area contributed by atoms with Gasteiger partial charge in [0.25, 0.3) is 0 Å². The minimum absolute atomic E-state index is 0.174. The van der Waals surface area contributed by atoms with E-state index in [4.69, 9.17) is 9.47 Å². The third kappa shape index (κ3) is 3.87. The monoisotopic (exact) mass is 265 g/mol. The second kappa shape index (κ2) is 6.80. The van der Waals surface area contributed by atoms with Crippen molar-refractivity contribution in [2.24, 2.45) is 5.41 Å². The van der Waals surface area contributed by atoms with Gasteiger partial charge in [-0.2, -0.15) is 0 Å². The number of ether oxygens (including phenoxy) is 2. The maximum atomic E-state index is 5.36. The van der Waals surface area contributed by atoms with Crippen LogP contribution in [-0.4, -0.2) is 20.8 Å². The van der Waals surface area contributed by atoms with E-state index in [0.717, 1.165) is 24.5 Å². The Hall–Kier alpha value is -1.22. The fraction of sp³-hybridized carbons (Fsp3) is 0.625. The zero-order valence-electron chi connectivity index (χ0n) is 13.0. The highest BCUT2D eigenvalue weighted by Crippen LogP contribution is 2.38. The first-order chi connectivity index (χ1) is 8.98. The molecular formula is C16H27NO2. The highest BCUT2D eigenvalue weighted by molar-refractivity contribution is 5.40. The van der Waals surface area contributed by atoms with Crippen LogP contribution in [-0.2, 0) is 0 Å². The van der Waals surface area contributed by atoms with E-state index < -0.39 is 0 Å². The molecule has 0 bridgehead atoms. The molecule has 3 heteroatoms. The fourth-order valence-corrected chi connectivity index (χ4v) is 2.25. The van der Waals surface area contributed by atoms with Crippen molar-refractivity contribution < 1.29 is 9.47 Å². The number of hydrogen-bond acceptors (Lipinski definition) is 3. The number of benzene rings is 1. The van der Waals surface area contributed by atoms with Gasteiger partial charge < -0.3 is 14.8 Å². The highest BCUT2D eigenvalue weighted by atomic mass is 16.5. The van der Waals surface area contributed by atoms with Gasteiger partial charge in [-0.1, -0.05) is 27.7 Å². The standard InChI is InChI=1S/C16H27NO2/c1-7-16(3,4)15(17-8-2)12-9-13(18-5)11-14(10-12)19-6/h9-11,15,17H,7-8H2,1-6H3. The summed E-state index contributed by atoms with van der Waals surface area (Å²) in [5, 5.41) is 3.58. The predicted molar refractivity (Wildman–Crippen MR) is 80.0 cm³/mol. The number of methoxy groups -OCH3 is 2. The van der Waals surface area contributed by atoms with E-state index in [0.29, 0.717) is 0 Å². The van der Waals surface area contributed by atoms with Crippen molar-refractivity contribution in [3.8, 4) is 11.5 Å². The van der Waals surface area contributed by atoms with Crippen LogP contribution in [0.2, 0.25) is 0 Å². The molecule has 0 heterocycles. The van der Waals surface area contributed by atoms with Gasteiger partial charge in [0.15, 0.2) is 0 Å². The summed E-state index contributed by atoms with van der Waals surface area (Å²) < 4.78 is 10.7. The van der Waals surface area contributed by atoms with Crippen molar-refractivity contribution in [1.29, 1.82) is 0 Å². The molecule has 1 aromatic carbocycles. The molecule has 0 saturated heterocycles. The molecule has 0 aliphatic carbocycles. The van der Waals surface area contributed by atoms with Crippen LogP contribution in [0.25, 0.3) is 0 Å². The summed E-state index contributed by atoms with van der Waals surface area (Å²) in [5.41, 5.74) is 1.39. The van der Waals surface area contributed by atoms with E-state index >= 15 is 0 Å². The lowest BCUT2D eigenvalue weighted by molar-refractivity contribution is 0.236. The number of rotatable bonds is 7. The average molecular weight is 265 g/mol. The number of nitrogens with one attached hydrogen (secondary N) is 1. The predicted octanol–water partition coefficient (Wildman–Crippen LogP) is 3.79. The Balaban J connectivity index is 3.21. The van der Waals surface area contributed by atoms with E-state index in [1.807, 2.05) is 6.07 Å². The Morgan fingerprint density at radius 3 is 1.95 bits per heavy atom. The molecule has 108 valence electrons. The molecule has 3 nitrogen and oxygen atoms in total. The summed E-state index contributed by atoms with van der Waals surface area (Å²) in [6.07, 6.45) is 1.10. The molecule has 1 aromatic rings. The molecule has 19 heavy (non-hydrogen) atoms. The van der Waals surface area contributed by atoms with Crippen molar-refractivity contribution >= 4 is 0 Å². The minimum Gasteiger partial charge on any atom is -0.497 e. The Labute approximate surface area is 117 Å². The summed E-state index contributed by atoms with van der Waals surface area (Å²) in [4.78, 5) is 0. The van der Waals surface area contributed by atoms with Gasteiger partial charge in [-0.25, -0.2) is 0 Å². The molecule has 0 aliphatic rings. The highest BCUT2D eigenvalue weighted by Gasteiger charge is 2.29. The zero-order chi connectivity index (χ0) is 14.5. The molecule has 1 atom stereocenters. The van der Waals surface area contributed by atoms with Crippen LogP contribution < -0.4 is 14.8 Å². The summed E-state index contributed by atoms with van der Waals surface area (Å²) in [5.74, 6) is 1.67. The largest absolute Gasteiger partial charge is 0.497 e. The molecule has 0 fully saturated rings. The molecule has 0 aromatic heterocycles. The quantitative estimate of drug-likeness (QED) is 0.813. The average Bonchev–Trinajstić information content (AvgIpc) is 2.43. The van der Waals surface area contributed by atoms with Crippen LogP contribution in [0.3, 0.4) is 0 Å². The van der Waals surface area contributed by atoms with Crippen molar-refractivity contribution in [2.75, 3.05) is 20.8 Å². The Kier molecular flexibility index (Phi) is 5.67. The maximum absolute atomic E-state index is 5.36. The number of hydrogen-bond donors (Lipinski definition) is 1. The van der Waals surface area contributed by atoms with E-state index in [9.17, 15) is 0 Å². The van der Waals surface area contributed by atoms with E-state index in [-0.39, 0.29) is 11.5 Å². The molecular weight excluding hydrogens is 238 g/mol. The van der Waals surface area contributed by atoms with E-state index in [1.54, 1.807) is 14.2 Å². The SMILES string of the molecule is CCNC(c1cc(OC)cc(OC)c1)C(C)(C)CC. The van der Waals surface area contributed by atoms with Crippen LogP contribution in [0.4, 0.5) is 0 Å². The molecule has 1 N–H and O–H groups in total. The van der Waals surface area contributed by atoms with Crippen LogP contribution in [0.5, 0.6) is 11.5 Å². The molecule has 1 unspecified atom stereocenters. The van der Waals surface area contributed by atoms with Gasteiger partial charge in [0.05, 0.1) is 14.2 Å². The van der Waals surface area contributed by atoms with Crippen molar-refractivity contribution in [3.05, 3.63) is 23.8 Å². The van der Waals surface area contributed by atoms with Crippen LogP contribution >= 0.6 is 0 Å². The van der Waals surface area contributed by atoms with Gasteiger partial charge in [0.1, 0.15) is 11.5 Å². The van der Waals surface area contributed by atoms with Gasteiger partial charge in [-0.15, -0.1) is 0 Å². The lowest BCUT2D eigenvalue weighted by atomic mass is 9.78. The molecule has 0 spiro atoms. The molecule has 0 amide bonds. The Morgan fingerprint density at radius 2 is 1.58 bits per heavy atom. The summed E-state index contributed by atoms with van der Waals surface area (Å²) >= 11 is 0. The Bertz CT molecular complexity index is 379. The van der Waals surface area contributed by atoms with Crippen molar-refractivity contribution in [1.82, 2.24) is 5.32 Å².